The van der Waals surface area contributed by atoms with Crippen LogP contribution in [0.3, 0.4) is 0 Å². The van der Waals surface area contributed by atoms with Gasteiger partial charge in [0.25, 0.3) is 5.91 Å². The van der Waals surface area contributed by atoms with Crippen molar-refractivity contribution in [2.75, 3.05) is 36.4 Å². The van der Waals surface area contributed by atoms with Crippen molar-refractivity contribution in [2.24, 2.45) is 0 Å². The molecule has 1 N–H and O–H groups in total. The Bertz CT molecular complexity index is 960. The number of rotatable bonds is 5. The van der Waals surface area contributed by atoms with E-state index in [2.05, 4.69) is 29.5 Å². The number of anilines is 2. The molecule has 3 aromatic heterocycles. The van der Waals surface area contributed by atoms with E-state index in [0.717, 1.165) is 53.5 Å². The molecule has 0 bridgehead atoms. The van der Waals surface area contributed by atoms with E-state index < -0.39 is 0 Å². The minimum atomic E-state index is -0.199. The summed E-state index contributed by atoms with van der Waals surface area (Å²) in [5.41, 5.74) is 2.16. The first-order valence-corrected chi connectivity index (χ1v) is 11.0. The zero-order chi connectivity index (χ0) is 18.9. The predicted octanol–water partition coefficient (Wildman–Crippen LogP) is 3.20. The second kappa shape index (κ2) is 7.57. The van der Waals surface area contributed by atoms with Crippen LogP contribution in [0.15, 0.2) is 36.1 Å². The van der Waals surface area contributed by atoms with E-state index in [1.807, 2.05) is 12.1 Å². The van der Waals surface area contributed by atoms with Crippen molar-refractivity contribution in [3.05, 3.63) is 41.8 Å². The quantitative estimate of drug-likeness (QED) is 0.694. The van der Waals surface area contributed by atoms with Crippen LogP contribution in [-0.2, 0) is 0 Å². The average Bonchev–Trinajstić information content (AvgIpc) is 3.28. The second-order valence-corrected chi connectivity index (χ2v) is 8.66. The maximum absolute atomic E-state index is 12.7. The third-order valence-corrected chi connectivity index (χ3v) is 6.88. The van der Waals surface area contributed by atoms with E-state index in [0.29, 0.717) is 5.69 Å². The summed E-state index contributed by atoms with van der Waals surface area (Å²) in [4.78, 5) is 26.1. The summed E-state index contributed by atoms with van der Waals surface area (Å²) < 4.78 is 4.31. The lowest BCUT2D eigenvalue weighted by molar-refractivity contribution is 0.102. The minimum Gasteiger partial charge on any atom is -0.358 e. The summed E-state index contributed by atoms with van der Waals surface area (Å²) in [6.07, 6.45) is 7.88. The van der Waals surface area contributed by atoms with Gasteiger partial charge in [-0.15, -0.1) is 11.3 Å². The van der Waals surface area contributed by atoms with Crippen molar-refractivity contribution in [2.45, 2.75) is 18.9 Å². The number of nitrogens with zero attached hydrogens (tertiary/aromatic N) is 5. The zero-order valence-corrected chi connectivity index (χ0v) is 16.9. The molecule has 1 saturated heterocycles. The number of hydrogen-bond acceptors (Lipinski definition) is 8. The summed E-state index contributed by atoms with van der Waals surface area (Å²) in [6, 6.07) is 4.59. The molecule has 0 aromatic carbocycles. The van der Waals surface area contributed by atoms with E-state index in [9.17, 15) is 4.79 Å². The molecular weight excluding hydrogens is 392 g/mol. The fraction of sp³-hybridized carbons (Fsp3) is 0.368. The largest absolute Gasteiger partial charge is 0.358 e. The molecule has 1 saturated carbocycles. The molecule has 1 amide bonds. The van der Waals surface area contributed by atoms with Crippen LogP contribution in [0, 0.1) is 0 Å². The van der Waals surface area contributed by atoms with Crippen molar-refractivity contribution in [3.63, 3.8) is 0 Å². The number of nitrogens with one attached hydrogen (secondary N) is 1. The van der Waals surface area contributed by atoms with Crippen LogP contribution in [0.1, 0.15) is 23.3 Å². The number of piperazine rings is 1. The summed E-state index contributed by atoms with van der Waals surface area (Å²) in [5.74, 6) is -0.199. The van der Waals surface area contributed by atoms with Crippen LogP contribution in [0.5, 0.6) is 0 Å². The van der Waals surface area contributed by atoms with Gasteiger partial charge in [-0.2, -0.15) is 4.37 Å². The van der Waals surface area contributed by atoms with Crippen LogP contribution >= 0.6 is 22.9 Å². The third-order valence-electron chi connectivity index (χ3n) is 5.13. The monoisotopic (exact) mass is 412 g/mol. The molecule has 0 spiro atoms. The van der Waals surface area contributed by atoms with Gasteiger partial charge in [-0.05, 0) is 36.5 Å². The molecule has 2 fully saturated rings. The minimum absolute atomic E-state index is 0.199. The lowest BCUT2D eigenvalue weighted by atomic mass is 10.3. The van der Waals surface area contributed by atoms with Gasteiger partial charge in [0, 0.05) is 55.6 Å². The number of hydrogen-bond donors (Lipinski definition) is 1. The number of pyridine rings is 1. The number of aromatic nitrogens is 3. The SMILES string of the molecule is O=C(Nc1cnsc1N1CCN(C2CC2)CC1)c1csc(-c2ccncc2)n1. The first kappa shape index (κ1) is 17.7. The Morgan fingerprint density at radius 1 is 1.14 bits per heavy atom. The Kier molecular flexibility index (Phi) is 4.79. The normalized spacial score (nSPS) is 17.6. The Balaban J connectivity index is 1.26. The van der Waals surface area contributed by atoms with E-state index >= 15 is 0 Å². The van der Waals surface area contributed by atoms with E-state index in [4.69, 9.17) is 0 Å². The molecule has 0 atom stereocenters. The van der Waals surface area contributed by atoms with Crippen LogP contribution in [0.4, 0.5) is 10.7 Å². The smallest absolute Gasteiger partial charge is 0.275 e. The van der Waals surface area contributed by atoms with E-state index in [1.54, 1.807) is 24.0 Å². The number of thiazole rings is 1. The molecule has 5 rings (SSSR count). The maximum atomic E-state index is 12.7. The highest BCUT2D eigenvalue weighted by atomic mass is 32.1. The van der Waals surface area contributed by atoms with Gasteiger partial charge < -0.3 is 10.2 Å². The average molecular weight is 413 g/mol. The fourth-order valence-electron chi connectivity index (χ4n) is 3.47. The molecule has 3 aromatic rings. The van der Waals surface area contributed by atoms with Crippen LogP contribution < -0.4 is 10.2 Å². The summed E-state index contributed by atoms with van der Waals surface area (Å²) in [6.45, 7) is 4.11. The standard InChI is InChI=1S/C19H20N6OS2/c26-17(16-12-27-18(23-16)13-3-5-20-6-4-13)22-15-11-21-28-19(15)25-9-7-24(8-10-25)14-1-2-14/h3-6,11-12,14H,1-2,7-10H2,(H,22,26). The molecule has 0 unspecified atom stereocenters. The topological polar surface area (TPSA) is 74.2 Å². The first-order chi connectivity index (χ1) is 13.8. The zero-order valence-electron chi connectivity index (χ0n) is 15.2. The van der Waals surface area contributed by atoms with Crippen molar-refractivity contribution < 1.29 is 4.79 Å². The molecule has 2 aliphatic rings. The fourth-order valence-corrected chi connectivity index (χ4v) is 5.03. The molecular formula is C19H20N6OS2. The van der Waals surface area contributed by atoms with Crippen LogP contribution in [0.2, 0.25) is 0 Å². The summed E-state index contributed by atoms with van der Waals surface area (Å²) in [7, 11) is 0. The predicted molar refractivity (Wildman–Crippen MR) is 112 cm³/mol. The van der Waals surface area contributed by atoms with Gasteiger partial charge in [-0.25, -0.2) is 4.98 Å². The maximum Gasteiger partial charge on any atom is 0.275 e. The van der Waals surface area contributed by atoms with Crippen molar-refractivity contribution in [1.29, 1.82) is 0 Å². The third kappa shape index (κ3) is 3.65. The van der Waals surface area contributed by atoms with Gasteiger partial charge in [-0.3, -0.25) is 14.7 Å². The van der Waals surface area contributed by atoms with Gasteiger partial charge in [-0.1, -0.05) is 0 Å². The van der Waals surface area contributed by atoms with Gasteiger partial charge in [0.05, 0.1) is 11.9 Å². The molecule has 0 radical (unpaired) electrons. The molecule has 4 heterocycles. The van der Waals surface area contributed by atoms with Crippen molar-refractivity contribution in [1.82, 2.24) is 19.2 Å². The lowest BCUT2D eigenvalue weighted by Crippen LogP contribution is -2.47. The number of carbonyl (C=O) groups excluding carboxylic acids is 1. The van der Waals surface area contributed by atoms with E-state index in [1.165, 1.54) is 35.7 Å². The Labute approximate surface area is 171 Å². The molecule has 1 aliphatic carbocycles. The van der Waals surface area contributed by atoms with Gasteiger partial charge in [0.2, 0.25) is 0 Å². The Morgan fingerprint density at radius 3 is 2.68 bits per heavy atom. The lowest BCUT2D eigenvalue weighted by Gasteiger charge is -2.35. The summed E-state index contributed by atoms with van der Waals surface area (Å²) in [5, 5.41) is 6.64. The Hall–Kier alpha value is -2.36. The van der Waals surface area contributed by atoms with Gasteiger partial charge in [0.15, 0.2) is 0 Å². The number of amides is 1. The number of carbonyl (C=O) groups is 1. The summed E-state index contributed by atoms with van der Waals surface area (Å²) >= 11 is 2.89. The molecule has 1 aliphatic heterocycles. The van der Waals surface area contributed by atoms with Crippen LogP contribution in [-0.4, -0.2) is 57.4 Å². The van der Waals surface area contributed by atoms with Crippen molar-refractivity contribution >= 4 is 39.5 Å². The highest BCUT2D eigenvalue weighted by Crippen LogP contribution is 2.34. The highest BCUT2D eigenvalue weighted by Gasteiger charge is 2.32. The Morgan fingerprint density at radius 2 is 1.93 bits per heavy atom. The van der Waals surface area contributed by atoms with E-state index in [-0.39, 0.29) is 5.91 Å². The van der Waals surface area contributed by atoms with Gasteiger partial charge >= 0.3 is 0 Å². The highest BCUT2D eigenvalue weighted by molar-refractivity contribution is 7.13. The van der Waals surface area contributed by atoms with Crippen LogP contribution in [0.25, 0.3) is 10.6 Å². The molecule has 7 nitrogen and oxygen atoms in total. The van der Waals surface area contributed by atoms with Crippen molar-refractivity contribution in [3.8, 4) is 10.6 Å². The second-order valence-electron chi connectivity index (χ2n) is 7.03. The van der Waals surface area contributed by atoms with Gasteiger partial charge in [0.1, 0.15) is 15.7 Å². The first-order valence-electron chi connectivity index (χ1n) is 9.39. The molecule has 144 valence electrons. The molecule has 28 heavy (non-hydrogen) atoms. The molecule has 9 heteroatoms.